The van der Waals surface area contributed by atoms with Crippen molar-refractivity contribution in [1.29, 1.82) is 5.26 Å². The van der Waals surface area contributed by atoms with Crippen molar-refractivity contribution in [1.82, 2.24) is 10.6 Å². The Bertz CT molecular complexity index is 903. The number of rotatable bonds is 3. The monoisotopic (exact) mass is 337 g/mol. The van der Waals surface area contributed by atoms with Gasteiger partial charge in [0.2, 0.25) is 0 Å². The molecule has 0 aliphatic carbocycles. The number of allylic oxidation sites excluding steroid dienone is 1. The first-order valence-electron chi connectivity index (χ1n) is 7.50. The summed E-state index contributed by atoms with van der Waals surface area (Å²) >= 11 is 0. The molecule has 2 N–H and O–H groups in total. The van der Waals surface area contributed by atoms with E-state index in [1.807, 2.05) is 0 Å². The molecule has 3 rings (SSSR count). The van der Waals surface area contributed by atoms with Gasteiger partial charge in [-0.2, -0.15) is 5.26 Å². The lowest BCUT2D eigenvalue weighted by molar-refractivity contribution is -0.136. The number of esters is 1. The normalized spacial score (nSPS) is 16.7. The molecule has 126 valence electrons. The fourth-order valence-electron chi connectivity index (χ4n) is 2.66. The van der Waals surface area contributed by atoms with Crippen molar-refractivity contribution in [3.63, 3.8) is 0 Å². The minimum Gasteiger partial charge on any atom is -0.466 e. The molecule has 0 saturated carbocycles. The van der Waals surface area contributed by atoms with Gasteiger partial charge in [-0.25, -0.2) is 9.59 Å². The van der Waals surface area contributed by atoms with E-state index in [1.165, 1.54) is 7.11 Å². The maximum atomic E-state index is 12.1. The summed E-state index contributed by atoms with van der Waals surface area (Å²) in [6, 6.07) is 11.2. The number of nitrogens with zero attached hydrogens (tertiary/aromatic N) is 1. The van der Waals surface area contributed by atoms with Crippen LogP contribution in [0, 0.1) is 11.3 Å². The number of nitriles is 1. The number of amides is 2. The molecule has 2 heterocycles. The van der Waals surface area contributed by atoms with Gasteiger partial charge in [0.05, 0.1) is 24.3 Å². The number of hydrogen-bond acceptors (Lipinski definition) is 5. The lowest BCUT2D eigenvalue weighted by Crippen LogP contribution is -2.45. The van der Waals surface area contributed by atoms with Crippen LogP contribution in [0.5, 0.6) is 0 Å². The van der Waals surface area contributed by atoms with Crippen LogP contribution in [0.3, 0.4) is 0 Å². The van der Waals surface area contributed by atoms with Crippen molar-refractivity contribution in [3.05, 3.63) is 59.0 Å². The highest BCUT2D eigenvalue weighted by Crippen LogP contribution is 2.31. The molecule has 2 aromatic rings. The van der Waals surface area contributed by atoms with E-state index < -0.39 is 18.0 Å². The molecule has 0 fully saturated rings. The van der Waals surface area contributed by atoms with Crippen molar-refractivity contribution in [2.24, 2.45) is 0 Å². The van der Waals surface area contributed by atoms with Crippen LogP contribution >= 0.6 is 0 Å². The van der Waals surface area contributed by atoms with Gasteiger partial charge in [-0.3, -0.25) is 0 Å². The highest BCUT2D eigenvalue weighted by Gasteiger charge is 2.33. The van der Waals surface area contributed by atoms with Gasteiger partial charge in [0.1, 0.15) is 17.6 Å². The standard InChI is InChI=1S/C18H15N3O4/c1-10-15(17(22)24-2)16(21-18(23)20-10)14-8-7-13(25-14)12-5-3-11(9-19)4-6-12/h3-8,16H,1-2H3,(H2,20,21,23). The molecule has 0 spiro atoms. The van der Waals surface area contributed by atoms with Crippen LogP contribution in [-0.4, -0.2) is 19.1 Å². The fourth-order valence-corrected chi connectivity index (χ4v) is 2.66. The van der Waals surface area contributed by atoms with E-state index in [0.29, 0.717) is 22.8 Å². The van der Waals surface area contributed by atoms with Crippen LogP contribution in [-0.2, 0) is 9.53 Å². The molecule has 7 heteroatoms. The largest absolute Gasteiger partial charge is 0.466 e. The first-order chi connectivity index (χ1) is 12.0. The van der Waals surface area contributed by atoms with Gasteiger partial charge in [-0.1, -0.05) is 0 Å². The summed E-state index contributed by atoms with van der Waals surface area (Å²) in [4.78, 5) is 23.9. The van der Waals surface area contributed by atoms with Crippen molar-refractivity contribution in [2.45, 2.75) is 13.0 Å². The van der Waals surface area contributed by atoms with Crippen LogP contribution in [0.25, 0.3) is 11.3 Å². The Balaban J connectivity index is 1.97. The van der Waals surface area contributed by atoms with E-state index >= 15 is 0 Å². The van der Waals surface area contributed by atoms with E-state index in [4.69, 9.17) is 14.4 Å². The minimum atomic E-state index is -0.742. The third-order valence-corrected chi connectivity index (χ3v) is 3.88. The number of methoxy groups -OCH3 is 1. The van der Waals surface area contributed by atoms with E-state index in [9.17, 15) is 9.59 Å². The summed E-state index contributed by atoms with van der Waals surface area (Å²) in [5, 5.41) is 14.1. The summed E-state index contributed by atoms with van der Waals surface area (Å²) in [7, 11) is 1.28. The molecule has 1 aromatic heterocycles. The van der Waals surface area contributed by atoms with Gasteiger partial charge >= 0.3 is 12.0 Å². The van der Waals surface area contributed by atoms with E-state index in [2.05, 4.69) is 16.7 Å². The number of carbonyl (C=O) groups is 2. The first kappa shape index (κ1) is 16.3. The summed E-state index contributed by atoms with van der Waals surface area (Å²) < 4.78 is 10.6. The third-order valence-electron chi connectivity index (χ3n) is 3.88. The van der Waals surface area contributed by atoms with Gasteiger partial charge in [-0.15, -0.1) is 0 Å². The second kappa shape index (κ2) is 6.53. The molecule has 25 heavy (non-hydrogen) atoms. The van der Waals surface area contributed by atoms with Crippen molar-refractivity contribution in [3.8, 4) is 17.4 Å². The van der Waals surface area contributed by atoms with E-state index in [0.717, 1.165) is 5.56 Å². The number of nitrogens with one attached hydrogen (secondary N) is 2. The Morgan fingerprint density at radius 2 is 1.96 bits per heavy atom. The lowest BCUT2D eigenvalue weighted by atomic mass is 10.0. The Kier molecular flexibility index (Phi) is 4.27. The van der Waals surface area contributed by atoms with Crippen LogP contribution in [0.4, 0.5) is 4.79 Å². The Hall–Kier alpha value is -3.53. The topological polar surface area (TPSA) is 104 Å². The zero-order valence-corrected chi connectivity index (χ0v) is 13.6. The predicted octanol–water partition coefficient (Wildman–Crippen LogP) is 2.62. The summed E-state index contributed by atoms with van der Waals surface area (Å²) in [6.45, 7) is 1.63. The molecular formula is C18H15N3O4. The minimum absolute atomic E-state index is 0.280. The summed E-state index contributed by atoms with van der Waals surface area (Å²) in [5.41, 5.74) is 2.03. The zero-order chi connectivity index (χ0) is 18.0. The fraction of sp³-hybridized carbons (Fsp3) is 0.167. The molecule has 1 unspecified atom stereocenters. The average Bonchev–Trinajstić information content (AvgIpc) is 3.10. The first-order valence-corrected chi connectivity index (χ1v) is 7.50. The third kappa shape index (κ3) is 3.10. The highest BCUT2D eigenvalue weighted by atomic mass is 16.5. The Morgan fingerprint density at radius 1 is 1.24 bits per heavy atom. The Labute approximate surface area is 143 Å². The SMILES string of the molecule is COC(=O)C1=C(C)NC(=O)NC1c1ccc(-c2ccc(C#N)cc2)o1. The second-order valence-corrected chi connectivity index (χ2v) is 5.45. The van der Waals surface area contributed by atoms with Gasteiger partial charge < -0.3 is 19.8 Å². The van der Waals surface area contributed by atoms with E-state index in [-0.39, 0.29) is 5.57 Å². The smallest absolute Gasteiger partial charge is 0.338 e. The lowest BCUT2D eigenvalue weighted by Gasteiger charge is -2.26. The molecule has 2 amide bonds. The molecular weight excluding hydrogens is 322 g/mol. The highest BCUT2D eigenvalue weighted by molar-refractivity contribution is 5.94. The number of hydrogen-bond donors (Lipinski definition) is 2. The zero-order valence-electron chi connectivity index (χ0n) is 13.6. The quantitative estimate of drug-likeness (QED) is 0.838. The number of furan rings is 1. The molecule has 0 bridgehead atoms. The van der Waals surface area contributed by atoms with Crippen LogP contribution in [0.15, 0.2) is 52.1 Å². The van der Waals surface area contributed by atoms with Gasteiger partial charge in [0.25, 0.3) is 0 Å². The van der Waals surface area contributed by atoms with Crippen LogP contribution in [0.1, 0.15) is 24.3 Å². The van der Waals surface area contributed by atoms with Crippen molar-refractivity contribution in [2.75, 3.05) is 7.11 Å². The van der Waals surface area contributed by atoms with Crippen molar-refractivity contribution < 1.29 is 18.7 Å². The van der Waals surface area contributed by atoms with Gasteiger partial charge in [-0.05, 0) is 43.3 Å². The molecule has 1 aromatic carbocycles. The maximum Gasteiger partial charge on any atom is 0.338 e. The average molecular weight is 337 g/mol. The molecule has 1 atom stereocenters. The summed E-state index contributed by atoms with van der Waals surface area (Å²) in [5.74, 6) is 0.425. The number of ether oxygens (including phenoxy) is 1. The molecule has 0 saturated heterocycles. The Morgan fingerprint density at radius 3 is 2.60 bits per heavy atom. The molecule has 1 aliphatic heterocycles. The molecule has 1 aliphatic rings. The van der Waals surface area contributed by atoms with Gasteiger partial charge in [0.15, 0.2) is 0 Å². The van der Waals surface area contributed by atoms with Crippen LogP contribution < -0.4 is 10.6 Å². The summed E-state index contributed by atoms with van der Waals surface area (Å²) in [6.07, 6.45) is 0. The number of carbonyl (C=O) groups excluding carboxylic acids is 2. The number of benzene rings is 1. The molecule has 0 radical (unpaired) electrons. The second-order valence-electron chi connectivity index (χ2n) is 5.45. The van der Waals surface area contributed by atoms with Crippen LogP contribution in [0.2, 0.25) is 0 Å². The van der Waals surface area contributed by atoms with E-state index in [1.54, 1.807) is 43.3 Å². The molecule has 7 nitrogen and oxygen atoms in total. The maximum absolute atomic E-state index is 12.1. The number of urea groups is 1. The van der Waals surface area contributed by atoms with Gasteiger partial charge in [0, 0.05) is 11.3 Å². The predicted molar refractivity (Wildman–Crippen MR) is 88.0 cm³/mol. The van der Waals surface area contributed by atoms with Crippen molar-refractivity contribution >= 4 is 12.0 Å².